The molecule has 0 aliphatic carbocycles. The summed E-state index contributed by atoms with van der Waals surface area (Å²) < 4.78 is 0. The van der Waals surface area contributed by atoms with Crippen LogP contribution in [0.25, 0.3) is 21.5 Å². The van der Waals surface area contributed by atoms with Crippen LogP contribution in [0.4, 0.5) is 0 Å². The van der Waals surface area contributed by atoms with Crippen LogP contribution in [0.5, 0.6) is 0 Å². The molecular weight excluding hydrogens is 571 g/mol. The van der Waals surface area contributed by atoms with Crippen LogP contribution in [-0.4, -0.2) is 61.8 Å². The van der Waals surface area contributed by atoms with Crippen LogP contribution in [0.2, 0.25) is 0 Å². The highest BCUT2D eigenvalue weighted by molar-refractivity contribution is 5.91. The van der Waals surface area contributed by atoms with E-state index in [-0.39, 0.29) is 10.8 Å². The van der Waals surface area contributed by atoms with Gasteiger partial charge in [0, 0.05) is 23.6 Å². The van der Waals surface area contributed by atoms with Gasteiger partial charge >= 0.3 is 0 Å². The summed E-state index contributed by atoms with van der Waals surface area (Å²) in [5.41, 5.74) is 2.79. The highest BCUT2D eigenvalue weighted by Gasteiger charge is 2.41. The van der Waals surface area contributed by atoms with E-state index in [0.29, 0.717) is 11.8 Å². The average molecular weight is 630 g/mol. The number of aliphatic imine (C=N–C) groups is 1. The van der Waals surface area contributed by atoms with Gasteiger partial charge in [-0.05, 0) is 122 Å². The lowest BCUT2D eigenvalue weighted by atomic mass is 9.65. The maximum absolute atomic E-state index is 5.75. The van der Waals surface area contributed by atoms with Crippen LogP contribution >= 0.6 is 0 Å². The summed E-state index contributed by atoms with van der Waals surface area (Å²) in [6.45, 7) is 17.8. The van der Waals surface area contributed by atoms with E-state index in [9.17, 15) is 0 Å². The second-order valence-electron chi connectivity index (χ2n) is 14.9. The number of benzene rings is 4. The fourth-order valence-electron chi connectivity index (χ4n) is 9.00. The van der Waals surface area contributed by atoms with E-state index in [1.165, 1.54) is 84.5 Å². The lowest BCUT2D eigenvalue weighted by Crippen LogP contribution is -2.42. The van der Waals surface area contributed by atoms with Gasteiger partial charge in [-0.15, -0.1) is 0 Å². The number of hydrogen-bond acceptors (Lipinski definition) is 3. The van der Waals surface area contributed by atoms with E-state index in [0.717, 1.165) is 45.3 Å². The molecule has 47 heavy (non-hydrogen) atoms. The van der Waals surface area contributed by atoms with Crippen LogP contribution < -0.4 is 0 Å². The van der Waals surface area contributed by atoms with Gasteiger partial charge in [-0.25, -0.2) is 0 Å². The monoisotopic (exact) mass is 629 g/mol. The maximum Gasteiger partial charge on any atom is 0.0486 e. The molecule has 3 nitrogen and oxygen atoms in total. The first-order chi connectivity index (χ1) is 23.0. The van der Waals surface area contributed by atoms with Crippen LogP contribution in [0.3, 0.4) is 0 Å². The van der Waals surface area contributed by atoms with E-state index >= 15 is 0 Å². The zero-order chi connectivity index (χ0) is 32.7. The minimum atomic E-state index is -0.132. The predicted octanol–water partition coefficient (Wildman–Crippen LogP) is 10.3. The van der Waals surface area contributed by atoms with Gasteiger partial charge in [-0.3, -0.25) is 4.99 Å². The van der Waals surface area contributed by atoms with E-state index < -0.39 is 0 Å². The van der Waals surface area contributed by atoms with Crippen molar-refractivity contribution in [2.24, 2.45) is 16.8 Å². The molecule has 0 amide bonds. The highest BCUT2D eigenvalue weighted by atomic mass is 15.1. The number of likely N-dealkylation sites (tertiary alicyclic amines) is 2. The molecule has 2 aliphatic heterocycles. The Morgan fingerprint density at radius 2 is 1.11 bits per heavy atom. The molecule has 2 heterocycles. The van der Waals surface area contributed by atoms with Gasteiger partial charge in [-0.2, -0.15) is 0 Å². The molecule has 2 aliphatic rings. The summed E-state index contributed by atoms with van der Waals surface area (Å²) in [7, 11) is 0. The van der Waals surface area contributed by atoms with Gasteiger partial charge in [0.15, 0.2) is 0 Å². The molecule has 4 aromatic carbocycles. The molecule has 0 saturated carbocycles. The van der Waals surface area contributed by atoms with Crippen molar-refractivity contribution in [2.75, 3.05) is 45.8 Å². The zero-order valence-electron chi connectivity index (χ0n) is 29.8. The molecule has 250 valence electrons. The molecule has 4 aromatic rings. The number of rotatable bonds is 15. The highest BCUT2D eigenvalue weighted by Crippen LogP contribution is 2.44. The Labute approximate surface area is 285 Å². The summed E-state index contributed by atoms with van der Waals surface area (Å²) >= 11 is 0. The third kappa shape index (κ3) is 7.08. The maximum atomic E-state index is 5.75. The van der Waals surface area contributed by atoms with Gasteiger partial charge < -0.3 is 9.80 Å². The molecule has 6 rings (SSSR count). The first-order valence-corrected chi connectivity index (χ1v) is 18.9. The molecule has 0 spiro atoms. The van der Waals surface area contributed by atoms with Gasteiger partial charge in [0.2, 0.25) is 0 Å². The number of nitrogens with zero attached hydrogens (tertiary/aromatic N) is 3. The van der Waals surface area contributed by atoms with E-state index in [1.807, 2.05) is 0 Å². The number of fused-ring (bicyclic) bond motifs is 2. The van der Waals surface area contributed by atoms with Crippen LogP contribution in [0.1, 0.15) is 90.2 Å². The molecule has 4 atom stereocenters. The van der Waals surface area contributed by atoms with Crippen molar-refractivity contribution in [1.29, 1.82) is 0 Å². The van der Waals surface area contributed by atoms with Crippen molar-refractivity contribution in [1.82, 2.24) is 9.80 Å². The van der Waals surface area contributed by atoms with Crippen molar-refractivity contribution in [3.8, 4) is 0 Å². The smallest absolute Gasteiger partial charge is 0.0486 e. The van der Waals surface area contributed by atoms with Crippen molar-refractivity contribution in [3.05, 3.63) is 96.1 Å². The minimum Gasteiger partial charge on any atom is -0.303 e. The Hall–Kier alpha value is -3.01. The summed E-state index contributed by atoms with van der Waals surface area (Å²) in [5.74, 6) is 0.980. The molecule has 0 bridgehead atoms. The first-order valence-electron chi connectivity index (χ1n) is 18.9. The summed E-state index contributed by atoms with van der Waals surface area (Å²) in [4.78, 5) is 11.2. The van der Waals surface area contributed by atoms with Gasteiger partial charge in [0.05, 0.1) is 0 Å². The lowest BCUT2D eigenvalue weighted by molar-refractivity contribution is 0.221. The fourth-order valence-corrected chi connectivity index (χ4v) is 9.00. The Kier molecular flexibility index (Phi) is 11.2. The zero-order valence-corrected chi connectivity index (χ0v) is 29.8. The van der Waals surface area contributed by atoms with Crippen LogP contribution in [0.15, 0.2) is 89.9 Å². The largest absolute Gasteiger partial charge is 0.303 e. The third-order valence-corrected chi connectivity index (χ3v) is 12.5. The van der Waals surface area contributed by atoms with Crippen molar-refractivity contribution in [3.63, 3.8) is 0 Å². The lowest BCUT2D eigenvalue weighted by Gasteiger charge is -2.42. The van der Waals surface area contributed by atoms with Crippen molar-refractivity contribution in [2.45, 2.75) is 89.9 Å². The Bertz CT molecular complexity index is 1600. The second-order valence-corrected chi connectivity index (χ2v) is 14.9. The molecule has 4 unspecified atom stereocenters. The van der Waals surface area contributed by atoms with E-state index in [2.05, 4.69) is 129 Å². The molecule has 3 heteroatoms. The molecule has 2 saturated heterocycles. The van der Waals surface area contributed by atoms with Gasteiger partial charge in [-0.1, -0.05) is 125 Å². The topological polar surface area (TPSA) is 18.8 Å². The number of hydrogen-bond donors (Lipinski definition) is 0. The van der Waals surface area contributed by atoms with Gasteiger partial charge in [0.25, 0.3) is 0 Å². The Balaban J connectivity index is 1.47. The van der Waals surface area contributed by atoms with E-state index in [4.69, 9.17) is 4.99 Å². The second kappa shape index (κ2) is 15.5. The Morgan fingerprint density at radius 3 is 1.68 bits per heavy atom. The minimum absolute atomic E-state index is 0.0381. The molecule has 0 N–H and O–H groups in total. The summed E-state index contributed by atoms with van der Waals surface area (Å²) in [6, 6.07) is 32.1. The summed E-state index contributed by atoms with van der Waals surface area (Å²) in [5, 5.41) is 5.48. The molecule has 0 radical (unpaired) electrons. The molecule has 2 fully saturated rings. The quantitative estimate of drug-likeness (QED) is 0.122. The van der Waals surface area contributed by atoms with E-state index in [1.54, 1.807) is 0 Å². The van der Waals surface area contributed by atoms with Crippen LogP contribution in [0, 0.1) is 11.8 Å². The molecule has 0 aromatic heterocycles. The SMILES string of the molecule is CCC(C)C(C=NCC(CCN1CCCC1)(c1cccc2ccccc12)C(C)CC)(CCN1CCCC1)c1cccc2ccccc12. The average Bonchev–Trinajstić information content (AvgIpc) is 3.85. The summed E-state index contributed by atoms with van der Waals surface area (Å²) in [6.07, 6.45) is 12.3. The van der Waals surface area contributed by atoms with Crippen molar-refractivity contribution >= 4 is 27.8 Å². The fraction of sp³-hybridized carbons (Fsp3) is 0.523. The predicted molar refractivity (Wildman–Crippen MR) is 204 cm³/mol. The van der Waals surface area contributed by atoms with Crippen LogP contribution in [-0.2, 0) is 10.8 Å². The van der Waals surface area contributed by atoms with Gasteiger partial charge in [0.1, 0.15) is 0 Å². The first kappa shape index (κ1) is 33.9. The standard InChI is InChI=1S/C44H59N3/c1-5-35(3)43(25-31-46-27-11-12-28-46,41-23-15-19-37-17-7-9-21-39(37)41)33-45-34-44(36(4)6-2,26-32-47-29-13-14-30-47)42-24-16-20-38-18-8-10-22-40(38)42/h7-10,15-24,33,35-36H,5-6,11-14,25-32,34H2,1-4H3. The third-order valence-electron chi connectivity index (χ3n) is 12.5. The Morgan fingerprint density at radius 1 is 0.617 bits per heavy atom. The normalized spacial score (nSPS) is 20.2. The molecular formula is C44H59N3. The van der Waals surface area contributed by atoms with Crippen molar-refractivity contribution < 1.29 is 0 Å².